The SMILES string of the molecule is CC(=NS(=O)(=O)c1ccccc1)Nc1ccc(O)c(C)c1. The van der Waals surface area contributed by atoms with Crippen LogP contribution < -0.4 is 5.32 Å². The molecule has 0 saturated carbocycles. The first-order valence-electron chi connectivity index (χ1n) is 6.32. The van der Waals surface area contributed by atoms with Gasteiger partial charge < -0.3 is 10.4 Å². The molecule has 0 aliphatic rings. The Hall–Kier alpha value is -2.34. The molecule has 0 unspecified atom stereocenters. The van der Waals surface area contributed by atoms with Crippen LogP contribution in [-0.2, 0) is 10.0 Å². The normalized spacial score (nSPS) is 12.2. The minimum Gasteiger partial charge on any atom is -0.508 e. The van der Waals surface area contributed by atoms with E-state index in [1.165, 1.54) is 18.2 Å². The largest absolute Gasteiger partial charge is 0.508 e. The molecule has 6 heteroatoms. The van der Waals surface area contributed by atoms with E-state index in [9.17, 15) is 13.5 Å². The topological polar surface area (TPSA) is 78.8 Å². The van der Waals surface area contributed by atoms with Crippen LogP contribution in [0, 0.1) is 6.92 Å². The van der Waals surface area contributed by atoms with Crippen LogP contribution in [0.25, 0.3) is 0 Å². The van der Waals surface area contributed by atoms with Crippen LogP contribution in [0.15, 0.2) is 57.8 Å². The summed E-state index contributed by atoms with van der Waals surface area (Å²) in [5, 5.41) is 12.4. The van der Waals surface area contributed by atoms with Gasteiger partial charge in [-0.05, 0) is 49.7 Å². The van der Waals surface area contributed by atoms with Crippen molar-refractivity contribution in [1.29, 1.82) is 0 Å². The van der Waals surface area contributed by atoms with E-state index in [2.05, 4.69) is 9.71 Å². The zero-order chi connectivity index (χ0) is 15.5. The Kier molecular flexibility index (Phi) is 4.28. The average molecular weight is 304 g/mol. The van der Waals surface area contributed by atoms with Crippen LogP contribution in [0.2, 0.25) is 0 Å². The fourth-order valence-corrected chi connectivity index (χ4v) is 2.80. The maximum absolute atomic E-state index is 12.1. The summed E-state index contributed by atoms with van der Waals surface area (Å²) in [5.41, 5.74) is 1.36. The fraction of sp³-hybridized carbons (Fsp3) is 0.133. The Labute approximate surface area is 124 Å². The van der Waals surface area contributed by atoms with E-state index in [1.54, 1.807) is 44.2 Å². The van der Waals surface area contributed by atoms with Crippen LogP contribution in [0.5, 0.6) is 5.75 Å². The van der Waals surface area contributed by atoms with Crippen molar-refractivity contribution in [2.75, 3.05) is 5.32 Å². The molecule has 0 radical (unpaired) electrons. The summed E-state index contributed by atoms with van der Waals surface area (Å²) in [4.78, 5) is 0.146. The molecule has 21 heavy (non-hydrogen) atoms. The van der Waals surface area contributed by atoms with Gasteiger partial charge in [0.15, 0.2) is 0 Å². The van der Waals surface area contributed by atoms with Crippen LogP contribution in [0.4, 0.5) is 5.69 Å². The lowest BCUT2D eigenvalue weighted by Crippen LogP contribution is -2.11. The second kappa shape index (κ2) is 5.97. The monoisotopic (exact) mass is 304 g/mol. The van der Waals surface area contributed by atoms with Gasteiger partial charge in [-0.3, -0.25) is 0 Å². The van der Waals surface area contributed by atoms with Crippen molar-refractivity contribution in [2.45, 2.75) is 18.7 Å². The van der Waals surface area contributed by atoms with E-state index in [0.29, 0.717) is 11.3 Å². The Morgan fingerprint density at radius 2 is 1.81 bits per heavy atom. The second-order valence-corrected chi connectivity index (χ2v) is 6.20. The van der Waals surface area contributed by atoms with E-state index in [4.69, 9.17) is 0 Å². The molecule has 2 aromatic rings. The quantitative estimate of drug-likeness (QED) is 0.519. The summed E-state index contributed by atoms with van der Waals surface area (Å²) in [7, 11) is -3.72. The fourth-order valence-electron chi connectivity index (χ4n) is 1.79. The number of aryl methyl sites for hydroxylation is 1. The lowest BCUT2D eigenvalue weighted by molar-refractivity contribution is 0.471. The number of sulfonamides is 1. The zero-order valence-electron chi connectivity index (χ0n) is 11.7. The zero-order valence-corrected chi connectivity index (χ0v) is 12.6. The molecule has 0 fully saturated rings. The molecular formula is C15H16N2O3S. The number of nitrogens with one attached hydrogen (secondary N) is 1. The molecular weight excluding hydrogens is 288 g/mol. The van der Waals surface area contributed by atoms with E-state index in [-0.39, 0.29) is 16.5 Å². The number of phenols is 1. The number of anilines is 1. The van der Waals surface area contributed by atoms with Gasteiger partial charge >= 0.3 is 0 Å². The number of aromatic hydroxyl groups is 1. The highest BCUT2D eigenvalue weighted by Gasteiger charge is 2.12. The smallest absolute Gasteiger partial charge is 0.283 e. The van der Waals surface area contributed by atoms with Crippen molar-refractivity contribution in [1.82, 2.24) is 0 Å². The third-order valence-electron chi connectivity index (χ3n) is 2.82. The molecule has 110 valence electrons. The van der Waals surface area contributed by atoms with Gasteiger partial charge in [0, 0.05) is 5.69 Å². The summed E-state index contributed by atoms with van der Waals surface area (Å²) < 4.78 is 27.9. The molecule has 0 atom stereocenters. The lowest BCUT2D eigenvalue weighted by Gasteiger charge is -2.08. The average Bonchev–Trinajstić information content (AvgIpc) is 2.43. The van der Waals surface area contributed by atoms with Gasteiger partial charge in [-0.25, -0.2) is 0 Å². The molecule has 0 spiro atoms. The van der Waals surface area contributed by atoms with Crippen LogP contribution in [0.3, 0.4) is 0 Å². The van der Waals surface area contributed by atoms with Crippen LogP contribution in [0.1, 0.15) is 12.5 Å². The maximum Gasteiger partial charge on any atom is 0.283 e. The number of phenolic OH excluding ortho intramolecular Hbond substituents is 1. The first kappa shape index (κ1) is 15.1. The van der Waals surface area contributed by atoms with Crippen molar-refractivity contribution in [3.63, 3.8) is 0 Å². The maximum atomic E-state index is 12.1. The van der Waals surface area contributed by atoms with Gasteiger partial charge in [0.2, 0.25) is 0 Å². The molecule has 0 saturated heterocycles. The summed E-state index contributed by atoms with van der Waals surface area (Å²) >= 11 is 0. The molecule has 0 bridgehead atoms. The third-order valence-corrected chi connectivity index (χ3v) is 4.20. The summed E-state index contributed by atoms with van der Waals surface area (Å²) in [5.74, 6) is 0.441. The van der Waals surface area contributed by atoms with Crippen molar-refractivity contribution < 1.29 is 13.5 Å². The minimum atomic E-state index is -3.72. The van der Waals surface area contributed by atoms with Crippen LogP contribution in [-0.4, -0.2) is 19.4 Å². The van der Waals surface area contributed by atoms with Gasteiger partial charge in [-0.15, -0.1) is 4.40 Å². The van der Waals surface area contributed by atoms with Crippen molar-refractivity contribution in [3.05, 3.63) is 54.1 Å². The van der Waals surface area contributed by atoms with Gasteiger partial charge in [0.05, 0.1) is 4.90 Å². The van der Waals surface area contributed by atoms with Crippen molar-refractivity contribution >= 4 is 21.5 Å². The second-order valence-electron chi connectivity index (χ2n) is 4.59. The summed E-state index contributed by atoms with van der Waals surface area (Å²) in [6, 6.07) is 12.9. The third kappa shape index (κ3) is 3.82. The Bertz CT molecular complexity index is 769. The van der Waals surface area contributed by atoms with E-state index >= 15 is 0 Å². The number of hydrogen-bond donors (Lipinski definition) is 2. The molecule has 0 heterocycles. The minimum absolute atomic E-state index is 0.146. The van der Waals surface area contributed by atoms with Gasteiger partial charge in [-0.1, -0.05) is 18.2 Å². The predicted octanol–water partition coefficient (Wildman–Crippen LogP) is 2.92. The Morgan fingerprint density at radius 3 is 2.43 bits per heavy atom. The molecule has 0 amide bonds. The molecule has 0 aliphatic carbocycles. The lowest BCUT2D eigenvalue weighted by atomic mass is 10.2. The molecule has 2 rings (SSSR count). The van der Waals surface area contributed by atoms with Crippen molar-refractivity contribution in [3.8, 4) is 5.75 Å². The van der Waals surface area contributed by atoms with Gasteiger partial charge in [0.25, 0.3) is 10.0 Å². The van der Waals surface area contributed by atoms with Gasteiger partial charge in [-0.2, -0.15) is 8.42 Å². The number of benzene rings is 2. The van der Waals surface area contributed by atoms with E-state index in [1.807, 2.05) is 0 Å². The molecule has 2 aromatic carbocycles. The molecule has 5 nitrogen and oxygen atoms in total. The van der Waals surface area contributed by atoms with E-state index < -0.39 is 10.0 Å². The highest BCUT2D eigenvalue weighted by molar-refractivity contribution is 7.90. The number of hydrogen-bond acceptors (Lipinski definition) is 3. The standard InChI is InChI=1S/C15H16N2O3S/c1-11-10-13(8-9-15(11)18)16-12(2)17-21(19,20)14-6-4-3-5-7-14/h3-10,18H,1-2H3,(H,16,17). The first-order chi connectivity index (χ1) is 9.88. The van der Waals surface area contributed by atoms with Gasteiger partial charge in [0.1, 0.15) is 11.6 Å². The van der Waals surface area contributed by atoms with Crippen LogP contribution >= 0.6 is 0 Å². The summed E-state index contributed by atoms with van der Waals surface area (Å²) in [6.45, 7) is 3.33. The predicted molar refractivity (Wildman–Crippen MR) is 83.2 cm³/mol. The molecule has 2 N–H and O–H groups in total. The first-order valence-corrected chi connectivity index (χ1v) is 7.76. The highest BCUT2D eigenvalue weighted by Crippen LogP contribution is 2.20. The number of amidine groups is 1. The molecule has 0 aromatic heterocycles. The number of nitrogens with zero attached hydrogens (tertiary/aromatic N) is 1. The summed E-state index contributed by atoms with van der Waals surface area (Å²) in [6.07, 6.45) is 0. The number of rotatable bonds is 3. The Morgan fingerprint density at radius 1 is 1.14 bits per heavy atom. The van der Waals surface area contributed by atoms with Crippen molar-refractivity contribution in [2.24, 2.45) is 4.40 Å². The highest BCUT2D eigenvalue weighted by atomic mass is 32.2. The Balaban J connectivity index is 2.23. The van der Waals surface area contributed by atoms with E-state index in [0.717, 1.165) is 0 Å². The molecule has 0 aliphatic heterocycles.